The van der Waals surface area contributed by atoms with Crippen LogP contribution in [0.4, 0.5) is 0 Å². The van der Waals surface area contributed by atoms with Gasteiger partial charge in [0.25, 0.3) is 0 Å². The molecule has 2 aromatic carbocycles. The van der Waals surface area contributed by atoms with Crippen molar-refractivity contribution in [2.75, 3.05) is 13.1 Å². The van der Waals surface area contributed by atoms with E-state index in [0.29, 0.717) is 6.54 Å². The summed E-state index contributed by atoms with van der Waals surface area (Å²) in [6.45, 7) is 5.92. The lowest BCUT2D eigenvalue weighted by Gasteiger charge is -2.27. The molecule has 1 amide bonds. The molecule has 3 nitrogen and oxygen atoms in total. The Morgan fingerprint density at radius 2 is 1.65 bits per heavy atom. The minimum Gasteiger partial charge on any atom is -0.351 e. The summed E-state index contributed by atoms with van der Waals surface area (Å²) in [6.07, 6.45) is 3.95. The maximum Gasteiger partial charge on any atom is 0.233 e. The van der Waals surface area contributed by atoms with Crippen LogP contribution in [0, 0.1) is 0 Å². The van der Waals surface area contributed by atoms with E-state index in [1.165, 1.54) is 43.5 Å². The summed E-state index contributed by atoms with van der Waals surface area (Å²) in [7, 11) is 0. The van der Waals surface area contributed by atoms with Crippen LogP contribution in [-0.2, 0) is 17.9 Å². The molecule has 1 N–H and O–H groups in total. The zero-order chi connectivity index (χ0) is 18.2. The van der Waals surface area contributed by atoms with Gasteiger partial charge in [-0.3, -0.25) is 9.69 Å². The maximum atomic E-state index is 12.5. The topological polar surface area (TPSA) is 32.3 Å². The number of nitrogens with one attached hydrogen (secondary N) is 1. The number of rotatable bonds is 7. The molecule has 0 aromatic heterocycles. The Kier molecular flexibility index (Phi) is 7.15. The SMILES string of the molecule is C[C@@H](Sc1ccccc1)C(=O)NCc1ccccc1CN1CCCCC1. The number of hydrogen-bond donors (Lipinski definition) is 1. The molecule has 1 aliphatic rings. The van der Waals surface area contributed by atoms with Crippen LogP contribution in [-0.4, -0.2) is 29.1 Å². The lowest BCUT2D eigenvalue weighted by atomic mass is 10.0. The van der Waals surface area contributed by atoms with E-state index < -0.39 is 0 Å². The van der Waals surface area contributed by atoms with Gasteiger partial charge in [0.2, 0.25) is 5.91 Å². The highest BCUT2D eigenvalue weighted by Gasteiger charge is 2.16. The van der Waals surface area contributed by atoms with Gasteiger partial charge in [-0.25, -0.2) is 0 Å². The fourth-order valence-electron chi connectivity index (χ4n) is 3.33. The third kappa shape index (κ3) is 5.61. The van der Waals surface area contributed by atoms with Gasteiger partial charge in [-0.2, -0.15) is 0 Å². The minimum atomic E-state index is -0.105. The third-order valence-electron chi connectivity index (χ3n) is 4.84. The second-order valence-electron chi connectivity index (χ2n) is 6.90. The Bertz CT molecular complexity index is 698. The van der Waals surface area contributed by atoms with Gasteiger partial charge >= 0.3 is 0 Å². The second kappa shape index (κ2) is 9.79. The van der Waals surface area contributed by atoms with Crippen LogP contribution in [0.5, 0.6) is 0 Å². The van der Waals surface area contributed by atoms with Crippen LogP contribution >= 0.6 is 11.8 Å². The quantitative estimate of drug-likeness (QED) is 0.732. The van der Waals surface area contributed by atoms with Crippen LogP contribution in [0.1, 0.15) is 37.3 Å². The highest BCUT2D eigenvalue weighted by atomic mass is 32.2. The van der Waals surface area contributed by atoms with Crippen molar-refractivity contribution >= 4 is 17.7 Å². The van der Waals surface area contributed by atoms with E-state index >= 15 is 0 Å². The molecule has 26 heavy (non-hydrogen) atoms. The van der Waals surface area contributed by atoms with Crippen molar-refractivity contribution in [2.24, 2.45) is 0 Å². The van der Waals surface area contributed by atoms with Crippen LogP contribution < -0.4 is 5.32 Å². The van der Waals surface area contributed by atoms with Crippen molar-refractivity contribution in [3.8, 4) is 0 Å². The van der Waals surface area contributed by atoms with Gasteiger partial charge in [-0.1, -0.05) is 48.9 Å². The highest BCUT2D eigenvalue weighted by Crippen LogP contribution is 2.23. The maximum absolute atomic E-state index is 12.5. The van der Waals surface area contributed by atoms with Crippen molar-refractivity contribution in [1.82, 2.24) is 10.2 Å². The highest BCUT2D eigenvalue weighted by molar-refractivity contribution is 8.00. The summed E-state index contributed by atoms with van der Waals surface area (Å²) in [5, 5.41) is 3.01. The standard InChI is InChI=1S/C22H28N2OS/c1-18(26-21-12-4-2-5-13-21)22(25)23-16-19-10-6-7-11-20(19)17-24-14-8-3-9-15-24/h2,4-7,10-13,18H,3,8-9,14-17H2,1H3,(H,23,25)/t18-/m1/s1. The van der Waals surface area contributed by atoms with Crippen LogP contribution in [0.25, 0.3) is 0 Å². The van der Waals surface area contributed by atoms with E-state index in [4.69, 9.17) is 0 Å². The van der Waals surface area contributed by atoms with E-state index in [1.807, 2.05) is 37.3 Å². The van der Waals surface area contributed by atoms with E-state index in [0.717, 1.165) is 11.4 Å². The summed E-state index contributed by atoms with van der Waals surface area (Å²) in [5.41, 5.74) is 2.56. The molecule has 2 aromatic rings. The zero-order valence-electron chi connectivity index (χ0n) is 15.5. The predicted octanol–water partition coefficient (Wildman–Crippen LogP) is 4.47. The van der Waals surface area contributed by atoms with Gasteiger partial charge in [0.1, 0.15) is 0 Å². The predicted molar refractivity (Wildman–Crippen MR) is 109 cm³/mol. The molecule has 0 radical (unpaired) electrons. The molecule has 0 bridgehead atoms. The Morgan fingerprint density at radius 1 is 1.00 bits per heavy atom. The van der Waals surface area contributed by atoms with E-state index in [-0.39, 0.29) is 11.2 Å². The summed E-state index contributed by atoms with van der Waals surface area (Å²) in [5.74, 6) is 0.0895. The van der Waals surface area contributed by atoms with Crippen molar-refractivity contribution in [3.05, 3.63) is 65.7 Å². The summed E-state index contributed by atoms with van der Waals surface area (Å²) in [6, 6.07) is 18.6. The lowest BCUT2D eigenvalue weighted by Crippen LogP contribution is -2.32. The van der Waals surface area contributed by atoms with Crippen molar-refractivity contribution < 1.29 is 4.79 Å². The Morgan fingerprint density at radius 3 is 2.38 bits per heavy atom. The molecule has 1 atom stereocenters. The van der Waals surface area contributed by atoms with Gasteiger partial charge in [-0.05, 0) is 56.1 Å². The number of benzene rings is 2. The summed E-state index contributed by atoms with van der Waals surface area (Å²) in [4.78, 5) is 16.1. The van der Waals surface area contributed by atoms with Gasteiger partial charge < -0.3 is 5.32 Å². The number of carbonyl (C=O) groups is 1. The zero-order valence-corrected chi connectivity index (χ0v) is 16.3. The Balaban J connectivity index is 1.54. The smallest absolute Gasteiger partial charge is 0.233 e. The molecule has 138 valence electrons. The number of nitrogens with zero attached hydrogens (tertiary/aromatic N) is 1. The average molecular weight is 369 g/mol. The molecule has 0 unspecified atom stereocenters. The van der Waals surface area contributed by atoms with Gasteiger partial charge in [0.05, 0.1) is 5.25 Å². The monoisotopic (exact) mass is 368 g/mol. The van der Waals surface area contributed by atoms with Gasteiger partial charge in [-0.15, -0.1) is 11.8 Å². The fourth-order valence-corrected chi connectivity index (χ4v) is 4.24. The third-order valence-corrected chi connectivity index (χ3v) is 5.95. The largest absolute Gasteiger partial charge is 0.351 e. The first-order valence-electron chi connectivity index (χ1n) is 9.51. The van der Waals surface area contributed by atoms with Crippen molar-refractivity contribution in [1.29, 1.82) is 0 Å². The van der Waals surface area contributed by atoms with Gasteiger partial charge in [0, 0.05) is 18.0 Å². The molecule has 0 saturated carbocycles. The lowest BCUT2D eigenvalue weighted by molar-refractivity contribution is -0.120. The van der Waals surface area contributed by atoms with E-state index in [1.54, 1.807) is 11.8 Å². The first kappa shape index (κ1) is 19.0. The number of hydrogen-bond acceptors (Lipinski definition) is 3. The summed E-state index contributed by atoms with van der Waals surface area (Å²) >= 11 is 1.60. The normalized spacial score (nSPS) is 16.2. The van der Waals surface area contributed by atoms with Crippen molar-refractivity contribution in [2.45, 2.75) is 49.4 Å². The molecule has 0 aliphatic carbocycles. The van der Waals surface area contributed by atoms with Gasteiger partial charge in [0.15, 0.2) is 0 Å². The fraction of sp³-hybridized carbons (Fsp3) is 0.409. The molecular formula is C22H28N2OS. The number of piperidine rings is 1. The molecular weight excluding hydrogens is 340 g/mol. The molecule has 0 spiro atoms. The van der Waals surface area contributed by atoms with Crippen LogP contribution in [0.15, 0.2) is 59.5 Å². The van der Waals surface area contributed by atoms with E-state index in [9.17, 15) is 4.79 Å². The molecule has 1 fully saturated rings. The first-order valence-corrected chi connectivity index (χ1v) is 10.4. The summed E-state index contributed by atoms with van der Waals surface area (Å²) < 4.78 is 0. The first-order chi connectivity index (χ1) is 12.7. The van der Waals surface area contributed by atoms with E-state index in [2.05, 4.69) is 34.5 Å². The molecule has 1 heterocycles. The number of likely N-dealkylation sites (tertiary alicyclic amines) is 1. The number of thioether (sulfide) groups is 1. The molecule has 1 saturated heterocycles. The minimum absolute atomic E-state index is 0.0895. The molecule has 3 rings (SSSR count). The Labute approximate surface area is 161 Å². The van der Waals surface area contributed by atoms with Crippen LogP contribution in [0.3, 0.4) is 0 Å². The number of amides is 1. The Hall–Kier alpha value is -1.78. The second-order valence-corrected chi connectivity index (χ2v) is 8.31. The molecule has 1 aliphatic heterocycles. The molecule has 4 heteroatoms. The number of carbonyl (C=O) groups excluding carboxylic acids is 1. The average Bonchev–Trinajstić information content (AvgIpc) is 2.68. The van der Waals surface area contributed by atoms with Crippen molar-refractivity contribution in [3.63, 3.8) is 0 Å². The van der Waals surface area contributed by atoms with Crippen LogP contribution in [0.2, 0.25) is 0 Å².